The Bertz CT molecular complexity index is 1360. The molecule has 0 atom stereocenters. The number of nitrogens with zero attached hydrogens (tertiary/aromatic N) is 1. The molecule has 5 amide bonds. The number of carbonyl (C=O) groups is 4. The Labute approximate surface area is 213 Å². The van der Waals surface area contributed by atoms with E-state index in [2.05, 4.69) is 26.6 Å². The van der Waals surface area contributed by atoms with E-state index in [1.165, 1.54) is 6.08 Å². The highest BCUT2D eigenvalue weighted by Crippen LogP contribution is 2.25. The van der Waals surface area contributed by atoms with E-state index in [1.54, 1.807) is 72.8 Å². The zero-order valence-corrected chi connectivity index (χ0v) is 20.3. The monoisotopic (exact) mass is 553 g/mol. The van der Waals surface area contributed by atoms with Crippen molar-refractivity contribution < 1.29 is 23.9 Å². The molecule has 0 spiro atoms. The molecule has 4 rings (SSSR count). The van der Waals surface area contributed by atoms with Crippen LogP contribution in [0.15, 0.2) is 82.8 Å². The number of para-hydroxylation sites is 1. The van der Waals surface area contributed by atoms with Crippen LogP contribution in [-0.2, 0) is 14.4 Å². The van der Waals surface area contributed by atoms with Gasteiger partial charge in [0, 0.05) is 4.47 Å². The second-order valence-electron chi connectivity index (χ2n) is 7.32. The molecule has 0 aliphatic carbocycles. The van der Waals surface area contributed by atoms with Crippen molar-refractivity contribution in [1.82, 2.24) is 5.32 Å². The molecule has 10 heteroatoms. The van der Waals surface area contributed by atoms with Crippen LogP contribution in [0.1, 0.15) is 5.56 Å². The summed E-state index contributed by atoms with van der Waals surface area (Å²) in [4.78, 5) is 50.8. The quantitative estimate of drug-likeness (QED) is 0.337. The lowest BCUT2D eigenvalue weighted by Gasteiger charge is -2.26. The topological polar surface area (TPSA) is 105 Å². The SMILES string of the molecule is O=C(COc1cccc(/C=C2\C(=O)NC(=O)N(c3ccc(Br)cc3)C2=O)c1)Nc1ccccc1Cl. The minimum Gasteiger partial charge on any atom is -0.484 e. The van der Waals surface area contributed by atoms with Crippen LogP contribution in [0.2, 0.25) is 5.02 Å². The van der Waals surface area contributed by atoms with E-state index in [9.17, 15) is 19.2 Å². The Kier molecular flexibility index (Phi) is 7.28. The van der Waals surface area contributed by atoms with Crippen molar-refractivity contribution in [2.45, 2.75) is 0 Å². The zero-order valence-electron chi connectivity index (χ0n) is 18.0. The molecule has 3 aromatic carbocycles. The van der Waals surface area contributed by atoms with Crippen LogP contribution < -0.4 is 20.3 Å². The van der Waals surface area contributed by atoms with E-state index in [-0.39, 0.29) is 12.2 Å². The summed E-state index contributed by atoms with van der Waals surface area (Å²) in [7, 11) is 0. The predicted molar refractivity (Wildman–Crippen MR) is 135 cm³/mol. The Balaban J connectivity index is 1.49. The number of barbiturate groups is 1. The van der Waals surface area contributed by atoms with Crippen LogP contribution in [0.4, 0.5) is 16.2 Å². The van der Waals surface area contributed by atoms with Crippen molar-refractivity contribution in [1.29, 1.82) is 0 Å². The van der Waals surface area contributed by atoms with Gasteiger partial charge in [0.2, 0.25) is 0 Å². The molecule has 176 valence electrons. The summed E-state index contributed by atoms with van der Waals surface area (Å²) in [6.07, 6.45) is 1.35. The molecule has 2 N–H and O–H groups in total. The average molecular weight is 555 g/mol. The normalized spacial score (nSPS) is 14.6. The Morgan fingerprint density at radius 3 is 2.51 bits per heavy atom. The van der Waals surface area contributed by atoms with E-state index in [1.807, 2.05) is 0 Å². The smallest absolute Gasteiger partial charge is 0.335 e. The van der Waals surface area contributed by atoms with Gasteiger partial charge in [0.05, 0.1) is 16.4 Å². The highest BCUT2D eigenvalue weighted by molar-refractivity contribution is 9.10. The molecule has 1 fully saturated rings. The largest absolute Gasteiger partial charge is 0.484 e. The molecule has 0 radical (unpaired) electrons. The van der Waals surface area contributed by atoms with Gasteiger partial charge in [-0.05, 0) is 60.2 Å². The Morgan fingerprint density at radius 2 is 1.77 bits per heavy atom. The number of amides is 5. The Morgan fingerprint density at radius 1 is 1.03 bits per heavy atom. The van der Waals surface area contributed by atoms with Gasteiger partial charge in [0.15, 0.2) is 6.61 Å². The predicted octanol–water partition coefficient (Wildman–Crippen LogP) is 4.79. The lowest BCUT2D eigenvalue weighted by atomic mass is 10.1. The number of nitrogens with one attached hydrogen (secondary N) is 2. The van der Waals surface area contributed by atoms with Crippen LogP contribution >= 0.6 is 27.5 Å². The number of carbonyl (C=O) groups excluding carboxylic acids is 4. The number of hydrogen-bond acceptors (Lipinski definition) is 5. The van der Waals surface area contributed by atoms with Crippen molar-refractivity contribution in [3.63, 3.8) is 0 Å². The summed E-state index contributed by atoms with van der Waals surface area (Å²) < 4.78 is 6.32. The van der Waals surface area contributed by atoms with Gasteiger partial charge < -0.3 is 10.1 Å². The van der Waals surface area contributed by atoms with Gasteiger partial charge in [0.25, 0.3) is 17.7 Å². The van der Waals surface area contributed by atoms with E-state index in [4.69, 9.17) is 16.3 Å². The fraction of sp³-hybridized carbons (Fsp3) is 0.0400. The van der Waals surface area contributed by atoms with Gasteiger partial charge in [-0.25, -0.2) is 9.69 Å². The minimum atomic E-state index is -0.832. The van der Waals surface area contributed by atoms with Crippen LogP contribution in [0.5, 0.6) is 5.75 Å². The molecular weight excluding hydrogens is 538 g/mol. The fourth-order valence-electron chi connectivity index (χ4n) is 3.24. The molecule has 3 aromatic rings. The number of imide groups is 2. The van der Waals surface area contributed by atoms with Gasteiger partial charge in [-0.3, -0.25) is 19.7 Å². The van der Waals surface area contributed by atoms with Gasteiger partial charge >= 0.3 is 6.03 Å². The number of urea groups is 1. The molecule has 1 aliphatic heterocycles. The first kappa shape index (κ1) is 24.2. The average Bonchev–Trinajstić information content (AvgIpc) is 2.83. The van der Waals surface area contributed by atoms with Crippen molar-refractivity contribution in [2.24, 2.45) is 0 Å². The van der Waals surface area contributed by atoms with Gasteiger partial charge in [0.1, 0.15) is 11.3 Å². The number of anilines is 2. The molecule has 0 saturated carbocycles. The van der Waals surface area contributed by atoms with Crippen LogP contribution in [-0.4, -0.2) is 30.4 Å². The van der Waals surface area contributed by atoms with Crippen molar-refractivity contribution in [2.75, 3.05) is 16.8 Å². The minimum absolute atomic E-state index is 0.221. The second kappa shape index (κ2) is 10.5. The van der Waals surface area contributed by atoms with Gasteiger partial charge in [-0.2, -0.15) is 0 Å². The maximum atomic E-state index is 13.0. The highest BCUT2D eigenvalue weighted by Gasteiger charge is 2.36. The first-order valence-electron chi connectivity index (χ1n) is 10.3. The Hall–Kier alpha value is -3.95. The first-order chi connectivity index (χ1) is 16.8. The number of halogens is 2. The lowest BCUT2D eigenvalue weighted by molar-refractivity contribution is -0.122. The molecule has 1 aliphatic rings. The molecule has 1 saturated heterocycles. The molecule has 0 bridgehead atoms. The second-order valence-corrected chi connectivity index (χ2v) is 8.65. The third-order valence-electron chi connectivity index (χ3n) is 4.87. The van der Waals surface area contributed by atoms with Crippen molar-refractivity contribution >= 4 is 68.7 Å². The maximum absolute atomic E-state index is 13.0. The third-order valence-corrected chi connectivity index (χ3v) is 5.73. The van der Waals surface area contributed by atoms with Gasteiger partial charge in [-0.15, -0.1) is 0 Å². The summed E-state index contributed by atoms with van der Waals surface area (Å²) in [5, 5.41) is 5.24. The van der Waals surface area contributed by atoms with E-state index in [0.29, 0.717) is 27.7 Å². The lowest BCUT2D eigenvalue weighted by Crippen LogP contribution is -2.54. The zero-order chi connectivity index (χ0) is 24.9. The van der Waals surface area contributed by atoms with Crippen LogP contribution in [0.25, 0.3) is 6.08 Å². The van der Waals surface area contributed by atoms with E-state index in [0.717, 1.165) is 9.37 Å². The number of benzene rings is 3. The molecule has 0 unspecified atom stereocenters. The van der Waals surface area contributed by atoms with Crippen LogP contribution in [0.3, 0.4) is 0 Å². The van der Waals surface area contributed by atoms with Crippen LogP contribution in [0, 0.1) is 0 Å². The summed E-state index contributed by atoms with van der Waals surface area (Å²) in [5.74, 6) is -1.63. The first-order valence-corrected chi connectivity index (χ1v) is 11.4. The third kappa shape index (κ3) is 5.76. The molecule has 1 heterocycles. The highest BCUT2D eigenvalue weighted by atomic mass is 79.9. The molecule has 0 aromatic heterocycles. The number of ether oxygens (including phenoxy) is 1. The van der Waals surface area contributed by atoms with E-state index >= 15 is 0 Å². The summed E-state index contributed by atoms with van der Waals surface area (Å²) in [5.41, 5.74) is 1.03. The van der Waals surface area contributed by atoms with Crippen molar-refractivity contribution in [3.8, 4) is 5.75 Å². The summed E-state index contributed by atoms with van der Waals surface area (Å²) in [6, 6.07) is 19.0. The van der Waals surface area contributed by atoms with Crippen molar-refractivity contribution in [3.05, 3.63) is 93.4 Å². The van der Waals surface area contributed by atoms with Gasteiger partial charge in [-0.1, -0.05) is 51.8 Å². The molecule has 35 heavy (non-hydrogen) atoms. The fourth-order valence-corrected chi connectivity index (χ4v) is 3.69. The molecule has 8 nitrogen and oxygen atoms in total. The van der Waals surface area contributed by atoms with E-state index < -0.39 is 23.8 Å². The number of hydrogen-bond donors (Lipinski definition) is 2. The summed E-state index contributed by atoms with van der Waals surface area (Å²) >= 11 is 9.34. The standard InChI is InChI=1S/C25H17BrClN3O5/c26-16-8-10-17(11-9-16)30-24(33)19(23(32)29-25(30)34)13-15-4-3-5-18(12-15)35-14-22(31)28-21-7-2-1-6-20(21)27/h1-13H,14H2,(H,28,31)(H,29,32,34)/b19-13+. The molecular formula is C25H17BrClN3O5. The maximum Gasteiger partial charge on any atom is 0.335 e. The summed E-state index contributed by atoms with van der Waals surface area (Å²) in [6.45, 7) is -0.281. The number of rotatable bonds is 6.